The van der Waals surface area contributed by atoms with Gasteiger partial charge in [0.25, 0.3) is 5.91 Å². The van der Waals surface area contributed by atoms with Gasteiger partial charge in [0.1, 0.15) is 5.03 Å². The van der Waals surface area contributed by atoms with Gasteiger partial charge in [-0.15, -0.1) is 0 Å². The Hall–Kier alpha value is -3.10. The molecule has 31 heavy (non-hydrogen) atoms. The van der Waals surface area contributed by atoms with Gasteiger partial charge < -0.3 is 20.0 Å². The van der Waals surface area contributed by atoms with Crippen LogP contribution in [0.2, 0.25) is 0 Å². The summed E-state index contributed by atoms with van der Waals surface area (Å²) in [6.07, 6.45) is 1.71. The van der Waals surface area contributed by atoms with Crippen LogP contribution in [0.1, 0.15) is 10.4 Å². The second-order valence-electron chi connectivity index (χ2n) is 7.81. The Morgan fingerprint density at radius 1 is 0.968 bits per heavy atom. The molecule has 0 bridgehead atoms. The number of carbonyl (C=O) groups excluding carboxylic acids is 1. The van der Waals surface area contributed by atoms with E-state index >= 15 is 0 Å². The molecular formula is C23H24N6OS. The highest BCUT2D eigenvalue weighted by Gasteiger charge is 2.26. The van der Waals surface area contributed by atoms with Gasteiger partial charge >= 0.3 is 0 Å². The maximum atomic E-state index is 12.8. The highest BCUT2D eigenvalue weighted by molar-refractivity contribution is 7.99. The number of nitrogens with one attached hydrogen (secondary N) is 1. The van der Waals surface area contributed by atoms with Crippen molar-refractivity contribution in [3.63, 3.8) is 0 Å². The zero-order chi connectivity index (χ0) is 21.4. The molecule has 1 N–H and O–H groups in total. The topological polar surface area (TPSA) is 64.6 Å². The highest BCUT2D eigenvalue weighted by Crippen LogP contribution is 2.39. The predicted molar refractivity (Wildman–Crippen MR) is 125 cm³/mol. The van der Waals surface area contributed by atoms with E-state index in [-0.39, 0.29) is 5.91 Å². The molecule has 0 saturated carbocycles. The Kier molecular flexibility index (Phi) is 5.25. The monoisotopic (exact) mass is 432 g/mol. The van der Waals surface area contributed by atoms with Crippen LogP contribution >= 0.6 is 11.8 Å². The Labute approximate surface area is 186 Å². The summed E-state index contributed by atoms with van der Waals surface area (Å²) in [5, 5.41) is 4.05. The minimum absolute atomic E-state index is 0.0503. The van der Waals surface area contributed by atoms with Crippen LogP contribution in [-0.4, -0.2) is 61.0 Å². The van der Waals surface area contributed by atoms with Gasteiger partial charge in [-0.25, -0.2) is 9.97 Å². The fourth-order valence-corrected chi connectivity index (χ4v) is 4.85. The molecule has 0 radical (unpaired) electrons. The van der Waals surface area contributed by atoms with Crippen molar-refractivity contribution in [2.75, 3.05) is 55.4 Å². The van der Waals surface area contributed by atoms with Crippen LogP contribution < -0.4 is 15.1 Å². The van der Waals surface area contributed by atoms with Crippen molar-refractivity contribution in [1.29, 1.82) is 0 Å². The third-order valence-electron chi connectivity index (χ3n) is 5.72. The van der Waals surface area contributed by atoms with Gasteiger partial charge in [0, 0.05) is 49.5 Å². The standard InChI is InChI=1S/C23H24N6OS/c1-27-11-13-29(14-12-27)17-9-7-16(8-10-17)25-23-24-15-19-21(26-23)31-20-6-4-3-5-18(20)22(30)28(19)2/h3-10,15H,11-14H2,1-2H3,(H,24,25,26). The van der Waals surface area contributed by atoms with Crippen molar-refractivity contribution in [3.05, 3.63) is 60.3 Å². The van der Waals surface area contributed by atoms with E-state index in [0.29, 0.717) is 17.2 Å². The zero-order valence-electron chi connectivity index (χ0n) is 17.6. The van der Waals surface area contributed by atoms with E-state index < -0.39 is 0 Å². The van der Waals surface area contributed by atoms with Gasteiger partial charge in [-0.05, 0) is 43.4 Å². The molecule has 1 fully saturated rings. The number of nitrogens with zero attached hydrogens (tertiary/aromatic N) is 5. The fourth-order valence-electron chi connectivity index (χ4n) is 3.80. The minimum atomic E-state index is -0.0503. The molecule has 0 aliphatic carbocycles. The summed E-state index contributed by atoms with van der Waals surface area (Å²) in [6.45, 7) is 4.26. The van der Waals surface area contributed by atoms with Crippen LogP contribution in [0.3, 0.4) is 0 Å². The third kappa shape index (κ3) is 3.96. The molecule has 3 heterocycles. The van der Waals surface area contributed by atoms with Crippen LogP contribution in [0, 0.1) is 0 Å². The van der Waals surface area contributed by atoms with Crippen LogP contribution in [0.4, 0.5) is 23.0 Å². The number of benzene rings is 2. The predicted octanol–water partition coefficient (Wildman–Crippen LogP) is 3.71. The van der Waals surface area contributed by atoms with Crippen LogP contribution in [0.5, 0.6) is 0 Å². The summed E-state index contributed by atoms with van der Waals surface area (Å²) >= 11 is 1.49. The number of rotatable bonds is 3. The number of carbonyl (C=O) groups is 1. The number of likely N-dealkylation sites (N-methyl/N-ethyl adjacent to an activating group) is 1. The first kappa shape index (κ1) is 19.8. The first-order valence-corrected chi connectivity index (χ1v) is 11.1. The molecule has 2 aliphatic rings. The van der Waals surface area contributed by atoms with Gasteiger partial charge in [-0.3, -0.25) is 4.79 Å². The molecule has 8 heteroatoms. The Bertz CT molecular complexity index is 1110. The first-order chi connectivity index (χ1) is 15.1. The number of aromatic nitrogens is 2. The van der Waals surface area contributed by atoms with Gasteiger partial charge in [0.05, 0.1) is 17.4 Å². The fraction of sp³-hybridized carbons (Fsp3) is 0.261. The van der Waals surface area contributed by atoms with E-state index in [1.165, 1.54) is 17.4 Å². The summed E-state index contributed by atoms with van der Waals surface area (Å²) < 4.78 is 0. The van der Waals surface area contributed by atoms with Crippen LogP contribution in [-0.2, 0) is 0 Å². The van der Waals surface area contributed by atoms with E-state index in [9.17, 15) is 4.79 Å². The molecule has 1 saturated heterocycles. The highest BCUT2D eigenvalue weighted by atomic mass is 32.2. The Balaban J connectivity index is 1.36. The number of hydrogen-bond acceptors (Lipinski definition) is 7. The lowest BCUT2D eigenvalue weighted by molar-refractivity contribution is 0.0990. The molecule has 1 amide bonds. The number of amides is 1. The van der Waals surface area contributed by atoms with Crippen LogP contribution in [0.15, 0.2) is 64.6 Å². The maximum Gasteiger partial charge on any atom is 0.259 e. The summed E-state index contributed by atoms with van der Waals surface area (Å²) in [5.74, 6) is 0.462. The average Bonchev–Trinajstić information content (AvgIpc) is 2.89. The molecule has 0 spiro atoms. The molecule has 1 aromatic heterocycles. The van der Waals surface area contributed by atoms with Crippen molar-refractivity contribution in [2.24, 2.45) is 0 Å². The number of piperazine rings is 1. The molecule has 5 rings (SSSR count). The lowest BCUT2D eigenvalue weighted by Crippen LogP contribution is -2.44. The summed E-state index contributed by atoms with van der Waals surface area (Å²) in [7, 11) is 3.92. The quantitative estimate of drug-likeness (QED) is 0.633. The van der Waals surface area contributed by atoms with E-state index in [0.717, 1.165) is 41.8 Å². The molecule has 7 nitrogen and oxygen atoms in total. The summed E-state index contributed by atoms with van der Waals surface area (Å²) in [4.78, 5) is 29.2. The lowest BCUT2D eigenvalue weighted by Gasteiger charge is -2.34. The van der Waals surface area contributed by atoms with E-state index in [4.69, 9.17) is 4.98 Å². The number of hydrogen-bond donors (Lipinski definition) is 1. The third-order valence-corrected chi connectivity index (χ3v) is 6.79. The van der Waals surface area contributed by atoms with Gasteiger partial charge in [0.2, 0.25) is 5.95 Å². The van der Waals surface area contributed by atoms with Crippen molar-refractivity contribution < 1.29 is 4.79 Å². The van der Waals surface area contributed by atoms with Crippen LogP contribution in [0.25, 0.3) is 0 Å². The van der Waals surface area contributed by atoms with Crippen molar-refractivity contribution in [2.45, 2.75) is 9.92 Å². The Morgan fingerprint density at radius 3 is 2.48 bits per heavy atom. The molecule has 2 aromatic carbocycles. The molecule has 3 aromatic rings. The zero-order valence-corrected chi connectivity index (χ0v) is 18.4. The molecule has 2 aliphatic heterocycles. The average molecular weight is 433 g/mol. The first-order valence-electron chi connectivity index (χ1n) is 10.3. The SMILES string of the molecule is CN1CCN(c2ccc(Nc3ncc4c(n3)Sc3ccccc3C(=O)N4C)cc2)CC1. The van der Waals surface area contributed by atoms with Crippen molar-refractivity contribution in [3.8, 4) is 0 Å². The van der Waals surface area contributed by atoms with Gasteiger partial charge in [-0.2, -0.15) is 0 Å². The van der Waals surface area contributed by atoms with Crippen molar-refractivity contribution in [1.82, 2.24) is 14.9 Å². The summed E-state index contributed by atoms with van der Waals surface area (Å²) in [6, 6.07) is 16.0. The number of fused-ring (bicyclic) bond motifs is 2. The Morgan fingerprint density at radius 2 is 1.71 bits per heavy atom. The second kappa shape index (κ2) is 8.20. The maximum absolute atomic E-state index is 12.8. The molecule has 158 valence electrons. The van der Waals surface area contributed by atoms with Gasteiger partial charge in [-0.1, -0.05) is 23.9 Å². The number of anilines is 4. The summed E-state index contributed by atoms with van der Waals surface area (Å²) in [5.41, 5.74) is 3.55. The minimum Gasteiger partial charge on any atom is -0.369 e. The van der Waals surface area contributed by atoms with E-state index in [2.05, 4.69) is 51.4 Å². The van der Waals surface area contributed by atoms with Crippen molar-refractivity contribution >= 4 is 40.7 Å². The normalized spacial score (nSPS) is 16.5. The smallest absolute Gasteiger partial charge is 0.259 e. The second-order valence-corrected chi connectivity index (χ2v) is 8.84. The lowest BCUT2D eigenvalue weighted by atomic mass is 10.2. The van der Waals surface area contributed by atoms with E-state index in [1.807, 2.05) is 24.3 Å². The molecule has 0 unspecified atom stereocenters. The molecular weight excluding hydrogens is 408 g/mol. The largest absolute Gasteiger partial charge is 0.369 e. The molecule has 0 atom stereocenters. The van der Waals surface area contributed by atoms with Gasteiger partial charge in [0.15, 0.2) is 0 Å². The van der Waals surface area contributed by atoms with E-state index in [1.54, 1.807) is 18.1 Å².